The van der Waals surface area contributed by atoms with Crippen molar-refractivity contribution in [3.05, 3.63) is 0 Å². The van der Waals surface area contributed by atoms with Crippen molar-refractivity contribution in [2.75, 3.05) is 26.2 Å². The molecule has 0 spiro atoms. The highest BCUT2D eigenvalue weighted by atomic mass is 15.1. The molecule has 0 heterocycles. The molecule has 90 valence electrons. The Labute approximate surface area is 95.4 Å². The van der Waals surface area contributed by atoms with E-state index in [0.717, 1.165) is 17.9 Å². The van der Waals surface area contributed by atoms with E-state index in [1.807, 2.05) is 0 Å². The van der Waals surface area contributed by atoms with Crippen LogP contribution in [0, 0.1) is 11.8 Å². The highest BCUT2D eigenvalue weighted by molar-refractivity contribution is 4.81. The zero-order valence-corrected chi connectivity index (χ0v) is 10.9. The molecule has 1 unspecified atom stereocenters. The van der Waals surface area contributed by atoms with Gasteiger partial charge in [-0.3, -0.25) is 0 Å². The maximum atomic E-state index is 3.61. The van der Waals surface area contributed by atoms with Crippen molar-refractivity contribution in [2.45, 2.75) is 46.6 Å². The fraction of sp³-hybridized carbons (Fsp3) is 1.00. The molecule has 1 N–H and O–H groups in total. The van der Waals surface area contributed by atoms with Crippen LogP contribution in [0.5, 0.6) is 0 Å². The minimum Gasteiger partial charge on any atom is -0.314 e. The van der Waals surface area contributed by atoms with Crippen LogP contribution in [-0.2, 0) is 0 Å². The van der Waals surface area contributed by atoms with E-state index in [1.165, 1.54) is 39.0 Å². The standard InChI is InChI=1S/C13H28N2/c1-5-15(9-11(2)3)10-12(4)8-14-13-6-7-13/h11-14H,5-10H2,1-4H3. The van der Waals surface area contributed by atoms with Crippen LogP contribution in [0.15, 0.2) is 0 Å². The van der Waals surface area contributed by atoms with Crippen molar-refractivity contribution in [2.24, 2.45) is 11.8 Å². The minimum atomic E-state index is 0.782. The Hall–Kier alpha value is -0.0800. The third kappa shape index (κ3) is 6.16. The summed E-state index contributed by atoms with van der Waals surface area (Å²) in [6, 6.07) is 0.854. The van der Waals surface area contributed by atoms with Gasteiger partial charge in [-0.2, -0.15) is 0 Å². The summed E-state index contributed by atoms with van der Waals surface area (Å²) < 4.78 is 0. The summed E-state index contributed by atoms with van der Waals surface area (Å²) in [6.07, 6.45) is 2.80. The van der Waals surface area contributed by atoms with Crippen molar-refractivity contribution in [1.82, 2.24) is 10.2 Å². The Bertz CT molecular complexity index is 164. The molecule has 0 amide bonds. The van der Waals surface area contributed by atoms with Crippen molar-refractivity contribution >= 4 is 0 Å². The van der Waals surface area contributed by atoms with Gasteiger partial charge in [0.1, 0.15) is 0 Å². The molecule has 0 aromatic carbocycles. The van der Waals surface area contributed by atoms with Crippen LogP contribution < -0.4 is 5.32 Å². The van der Waals surface area contributed by atoms with Gasteiger partial charge in [0.15, 0.2) is 0 Å². The molecule has 0 aromatic rings. The van der Waals surface area contributed by atoms with Gasteiger partial charge in [-0.05, 0) is 37.8 Å². The molecule has 0 bridgehead atoms. The summed E-state index contributed by atoms with van der Waals surface area (Å²) in [5.41, 5.74) is 0. The smallest absolute Gasteiger partial charge is 0.00683 e. The van der Waals surface area contributed by atoms with Crippen LogP contribution in [0.2, 0.25) is 0 Å². The molecule has 15 heavy (non-hydrogen) atoms. The van der Waals surface area contributed by atoms with Crippen LogP contribution >= 0.6 is 0 Å². The Morgan fingerprint density at radius 2 is 1.87 bits per heavy atom. The van der Waals surface area contributed by atoms with Gasteiger partial charge in [-0.1, -0.05) is 27.7 Å². The summed E-state index contributed by atoms with van der Waals surface area (Å²) >= 11 is 0. The highest BCUT2D eigenvalue weighted by Crippen LogP contribution is 2.18. The van der Waals surface area contributed by atoms with E-state index in [1.54, 1.807) is 0 Å². The zero-order valence-electron chi connectivity index (χ0n) is 10.9. The third-order valence-electron chi connectivity index (χ3n) is 2.97. The van der Waals surface area contributed by atoms with Gasteiger partial charge in [-0.25, -0.2) is 0 Å². The fourth-order valence-corrected chi connectivity index (χ4v) is 2.01. The van der Waals surface area contributed by atoms with Crippen LogP contribution in [-0.4, -0.2) is 37.1 Å². The number of nitrogens with one attached hydrogen (secondary N) is 1. The largest absolute Gasteiger partial charge is 0.314 e. The summed E-state index contributed by atoms with van der Waals surface area (Å²) in [5, 5.41) is 3.61. The Morgan fingerprint density at radius 3 is 2.33 bits per heavy atom. The zero-order chi connectivity index (χ0) is 11.3. The first-order valence-corrected chi connectivity index (χ1v) is 6.57. The van der Waals surface area contributed by atoms with E-state index >= 15 is 0 Å². The van der Waals surface area contributed by atoms with Crippen LogP contribution in [0.1, 0.15) is 40.5 Å². The average Bonchev–Trinajstić information content (AvgIpc) is 2.96. The Balaban J connectivity index is 2.11. The second-order valence-electron chi connectivity index (χ2n) is 5.53. The lowest BCUT2D eigenvalue weighted by molar-refractivity contribution is 0.221. The van der Waals surface area contributed by atoms with Gasteiger partial charge in [-0.15, -0.1) is 0 Å². The number of hydrogen-bond donors (Lipinski definition) is 1. The molecule has 2 nitrogen and oxygen atoms in total. The number of rotatable bonds is 8. The predicted octanol–water partition coefficient (Wildman–Crippen LogP) is 2.35. The Kier molecular flexibility index (Phi) is 5.62. The van der Waals surface area contributed by atoms with Crippen LogP contribution in [0.3, 0.4) is 0 Å². The molecule has 1 atom stereocenters. The van der Waals surface area contributed by atoms with Gasteiger partial charge >= 0.3 is 0 Å². The molecule has 0 aliphatic heterocycles. The topological polar surface area (TPSA) is 15.3 Å². The first kappa shape index (κ1) is 13.0. The lowest BCUT2D eigenvalue weighted by atomic mass is 10.1. The normalized spacial score (nSPS) is 18.8. The minimum absolute atomic E-state index is 0.782. The van der Waals surface area contributed by atoms with E-state index in [-0.39, 0.29) is 0 Å². The van der Waals surface area contributed by atoms with E-state index in [2.05, 4.69) is 37.9 Å². The van der Waals surface area contributed by atoms with Crippen LogP contribution in [0.25, 0.3) is 0 Å². The van der Waals surface area contributed by atoms with Crippen molar-refractivity contribution in [1.29, 1.82) is 0 Å². The first-order valence-electron chi connectivity index (χ1n) is 6.57. The third-order valence-corrected chi connectivity index (χ3v) is 2.97. The van der Waals surface area contributed by atoms with Crippen LogP contribution in [0.4, 0.5) is 0 Å². The van der Waals surface area contributed by atoms with Gasteiger partial charge in [0.25, 0.3) is 0 Å². The molecule has 1 aliphatic carbocycles. The predicted molar refractivity (Wildman–Crippen MR) is 67.1 cm³/mol. The summed E-state index contributed by atoms with van der Waals surface area (Å²) in [5.74, 6) is 1.57. The van der Waals surface area contributed by atoms with Gasteiger partial charge in [0.05, 0.1) is 0 Å². The summed E-state index contributed by atoms with van der Waals surface area (Å²) in [7, 11) is 0. The second kappa shape index (κ2) is 6.49. The van der Waals surface area contributed by atoms with E-state index in [4.69, 9.17) is 0 Å². The highest BCUT2D eigenvalue weighted by Gasteiger charge is 2.21. The van der Waals surface area contributed by atoms with Crippen molar-refractivity contribution < 1.29 is 0 Å². The quantitative estimate of drug-likeness (QED) is 0.664. The average molecular weight is 212 g/mol. The summed E-state index contributed by atoms with van der Waals surface area (Å²) in [4.78, 5) is 2.57. The number of hydrogen-bond acceptors (Lipinski definition) is 2. The number of nitrogens with zero attached hydrogens (tertiary/aromatic N) is 1. The molecule has 1 fully saturated rings. The molecule has 1 saturated carbocycles. The van der Waals surface area contributed by atoms with Gasteiger partial charge < -0.3 is 10.2 Å². The van der Waals surface area contributed by atoms with E-state index in [0.29, 0.717) is 0 Å². The molecular formula is C13H28N2. The van der Waals surface area contributed by atoms with Gasteiger partial charge in [0.2, 0.25) is 0 Å². The monoisotopic (exact) mass is 212 g/mol. The van der Waals surface area contributed by atoms with Crippen molar-refractivity contribution in [3.8, 4) is 0 Å². The van der Waals surface area contributed by atoms with E-state index in [9.17, 15) is 0 Å². The fourth-order valence-electron chi connectivity index (χ4n) is 2.01. The summed E-state index contributed by atoms with van der Waals surface area (Å²) in [6.45, 7) is 14.1. The molecule has 1 aliphatic rings. The first-order chi connectivity index (χ1) is 7.11. The molecule has 0 radical (unpaired) electrons. The molecular weight excluding hydrogens is 184 g/mol. The molecule has 2 heteroatoms. The SMILES string of the molecule is CCN(CC(C)C)CC(C)CNC1CC1. The van der Waals surface area contributed by atoms with Gasteiger partial charge in [0, 0.05) is 19.1 Å². The molecule has 1 rings (SSSR count). The second-order valence-corrected chi connectivity index (χ2v) is 5.53. The molecule has 0 aromatic heterocycles. The Morgan fingerprint density at radius 1 is 1.20 bits per heavy atom. The maximum absolute atomic E-state index is 3.61. The lowest BCUT2D eigenvalue weighted by Gasteiger charge is -2.26. The maximum Gasteiger partial charge on any atom is 0.00683 e. The molecule has 0 saturated heterocycles. The lowest BCUT2D eigenvalue weighted by Crippen LogP contribution is -2.36. The van der Waals surface area contributed by atoms with E-state index < -0.39 is 0 Å². The van der Waals surface area contributed by atoms with Crippen molar-refractivity contribution in [3.63, 3.8) is 0 Å².